The van der Waals surface area contributed by atoms with Gasteiger partial charge in [-0.3, -0.25) is 4.31 Å². The first-order valence-electron chi connectivity index (χ1n) is 7.06. The van der Waals surface area contributed by atoms with Crippen LogP contribution in [-0.4, -0.2) is 28.5 Å². The number of benzene rings is 2. The van der Waals surface area contributed by atoms with Crippen LogP contribution in [0.1, 0.15) is 5.56 Å². The molecule has 0 fully saturated rings. The van der Waals surface area contributed by atoms with E-state index in [4.69, 9.17) is 23.2 Å². The predicted octanol–water partition coefficient (Wildman–Crippen LogP) is 4.00. The van der Waals surface area contributed by atoms with Crippen LogP contribution in [0.5, 0.6) is 0 Å². The fourth-order valence-corrected chi connectivity index (χ4v) is 3.68. The van der Waals surface area contributed by atoms with E-state index < -0.39 is 16.0 Å². The van der Waals surface area contributed by atoms with Crippen molar-refractivity contribution in [3.63, 3.8) is 0 Å². The summed E-state index contributed by atoms with van der Waals surface area (Å²) < 4.78 is 31.4. The lowest BCUT2D eigenvalue weighted by molar-refractivity contribution is -0.134. The highest BCUT2D eigenvalue weighted by molar-refractivity contribution is 7.92. The number of sulfonamides is 1. The van der Waals surface area contributed by atoms with Crippen molar-refractivity contribution < 1.29 is 17.9 Å². The number of anilines is 1. The number of carbonyl (C=O) groups excluding carboxylic acids is 1. The lowest BCUT2D eigenvalue weighted by Crippen LogP contribution is -2.27. The Hall–Kier alpha value is -2.02. The molecule has 0 saturated carbocycles. The Morgan fingerprint density at radius 3 is 2.44 bits per heavy atom. The fourth-order valence-electron chi connectivity index (χ4n) is 2.07. The first-order chi connectivity index (χ1) is 11.8. The molecule has 0 aromatic heterocycles. The molecule has 0 aliphatic heterocycles. The topological polar surface area (TPSA) is 63.7 Å². The Kier molecular flexibility index (Phi) is 6.11. The fraction of sp³-hybridized carbons (Fsp3) is 0.118. The van der Waals surface area contributed by atoms with Crippen molar-refractivity contribution in [3.8, 4) is 0 Å². The third kappa shape index (κ3) is 4.34. The van der Waals surface area contributed by atoms with Gasteiger partial charge in [0.2, 0.25) is 0 Å². The molecule has 0 N–H and O–H groups in total. The van der Waals surface area contributed by atoms with Gasteiger partial charge in [-0.15, -0.1) is 0 Å². The summed E-state index contributed by atoms with van der Waals surface area (Å²) in [6.07, 6.45) is 2.71. The molecule has 25 heavy (non-hydrogen) atoms. The molecule has 0 radical (unpaired) electrons. The normalized spacial score (nSPS) is 11.5. The Labute approximate surface area is 156 Å². The number of para-hydroxylation sites is 1. The third-order valence-corrected chi connectivity index (χ3v) is 5.93. The van der Waals surface area contributed by atoms with E-state index >= 15 is 0 Å². The number of hydrogen-bond acceptors (Lipinski definition) is 4. The average molecular weight is 400 g/mol. The molecule has 0 spiro atoms. The van der Waals surface area contributed by atoms with Crippen LogP contribution in [0, 0.1) is 0 Å². The van der Waals surface area contributed by atoms with Crippen LogP contribution in [0.4, 0.5) is 5.69 Å². The zero-order chi connectivity index (χ0) is 18.6. The smallest absolute Gasteiger partial charge is 0.330 e. The maximum Gasteiger partial charge on any atom is 0.330 e. The van der Waals surface area contributed by atoms with Gasteiger partial charge in [0.25, 0.3) is 10.0 Å². The van der Waals surface area contributed by atoms with Gasteiger partial charge >= 0.3 is 5.97 Å². The van der Waals surface area contributed by atoms with Gasteiger partial charge in [-0.2, -0.15) is 0 Å². The minimum atomic E-state index is -3.86. The lowest BCUT2D eigenvalue weighted by Gasteiger charge is -2.21. The van der Waals surface area contributed by atoms with E-state index in [0.29, 0.717) is 11.3 Å². The second-order valence-corrected chi connectivity index (χ2v) is 7.75. The van der Waals surface area contributed by atoms with Gasteiger partial charge in [-0.05, 0) is 35.9 Å². The molecule has 5 nitrogen and oxygen atoms in total. The quantitative estimate of drug-likeness (QED) is 0.562. The predicted molar refractivity (Wildman–Crippen MR) is 99.5 cm³/mol. The molecule has 0 atom stereocenters. The van der Waals surface area contributed by atoms with E-state index in [1.54, 1.807) is 24.3 Å². The van der Waals surface area contributed by atoms with Crippen LogP contribution in [0.2, 0.25) is 10.0 Å². The third-order valence-electron chi connectivity index (χ3n) is 3.43. The second-order valence-electron chi connectivity index (χ2n) is 4.96. The van der Waals surface area contributed by atoms with Crippen LogP contribution in [0.25, 0.3) is 6.08 Å². The van der Waals surface area contributed by atoms with E-state index in [1.165, 1.54) is 44.5 Å². The van der Waals surface area contributed by atoms with Crippen molar-refractivity contribution in [2.45, 2.75) is 4.90 Å². The lowest BCUT2D eigenvalue weighted by atomic mass is 10.1. The minimum absolute atomic E-state index is 0.0103. The number of carbonyl (C=O) groups is 1. The van der Waals surface area contributed by atoms with E-state index in [9.17, 15) is 13.2 Å². The molecule has 2 aromatic carbocycles. The second kappa shape index (κ2) is 7.91. The number of nitrogens with zero attached hydrogens (tertiary/aromatic N) is 1. The van der Waals surface area contributed by atoms with Crippen LogP contribution >= 0.6 is 23.2 Å². The molecule has 132 valence electrons. The van der Waals surface area contributed by atoms with Gasteiger partial charge in [-0.1, -0.05) is 41.4 Å². The molecular formula is C17H15Cl2NO4S. The number of halogens is 2. The molecule has 0 saturated heterocycles. The van der Waals surface area contributed by atoms with Gasteiger partial charge in [0.05, 0.1) is 27.7 Å². The van der Waals surface area contributed by atoms with Crippen LogP contribution in [0.3, 0.4) is 0 Å². The molecule has 0 aliphatic carbocycles. The zero-order valence-corrected chi connectivity index (χ0v) is 15.8. The number of esters is 1. The average Bonchev–Trinajstić information content (AvgIpc) is 2.61. The van der Waals surface area contributed by atoms with E-state index in [1.807, 2.05) is 0 Å². The van der Waals surface area contributed by atoms with Gasteiger partial charge in [-0.25, -0.2) is 13.2 Å². The zero-order valence-electron chi connectivity index (χ0n) is 13.4. The van der Waals surface area contributed by atoms with Crippen LogP contribution in [0.15, 0.2) is 53.4 Å². The molecule has 0 amide bonds. The maximum absolute atomic E-state index is 12.9. The largest absolute Gasteiger partial charge is 0.466 e. The summed E-state index contributed by atoms with van der Waals surface area (Å²) in [5, 5.41) is 0.416. The van der Waals surface area contributed by atoms with Crippen LogP contribution < -0.4 is 4.31 Å². The van der Waals surface area contributed by atoms with E-state index in [0.717, 1.165) is 4.31 Å². The van der Waals surface area contributed by atoms with Gasteiger partial charge in [0, 0.05) is 13.1 Å². The summed E-state index contributed by atoms with van der Waals surface area (Å²) in [5.74, 6) is -0.537. The van der Waals surface area contributed by atoms with Crippen molar-refractivity contribution in [2.75, 3.05) is 18.5 Å². The molecule has 0 aliphatic rings. The minimum Gasteiger partial charge on any atom is -0.466 e. The Balaban J connectivity index is 2.46. The maximum atomic E-state index is 12.9. The number of rotatable bonds is 5. The van der Waals surface area contributed by atoms with Gasteiger partial charge < -0.3 is 4.74 Å². The molecule has 0 bridgehead atoms. The number of ether oxygens (including phenoxy) is 1. The van der Waals surface area contributed by atoms with Crippen molar-refractivity contribution in [3.05, 3.63) is 64.1 Å². The molecule has 2 rings (SSSR count). The molecule has 0 heterocycles. The Morgan fingerprint density at radius 1 is 1.12 bits per heavy atom. The van der Waals surface area contributed by atoms with Crippen molar-refractivity contribution in [2.24, 2.45) is 0 Å². The van der Waals surface area contributed by atoms with Crippen molar-refractivity contribution in [1.82, 2.24) is 0 Å². The highest BCUT2D eigenvalue weighted by Gasteiger charge is 2.23. The standard InChI is InChI=1S/C17H15Cl2NO4S/c1-20(25(22,23)13-8-9-14(18)15(19)11-13)16-6-4-3-5-12(16)7-10-17(21)24-2/h3-11H,1-2H3. The van der Waals surface area contributed by atoms with Gasteiger partial charge in [0.15, 0.2) is 0 Å². The Morgan fingerprint density at radius 2 is 1.80 bits per heavy atom. The van der Waals surface area contributed by atoms with Crippen molar-refractivity contribution in [1.29, 1.82) is 0 Å². The summed E-state index contributed by atoms with van der Waals surface area (Å²) in [7, 11) is -1.18. The summed E-state index contributed by atoms with van der Waals surface area (Å²) in [5.41, 5.74) is 0.938. The number of hydrogen-bond donors (Lipinski definition) is 0. The molecular weight excluding hydrogens is 385 g/mol. The molecule has 8 heteroatoms. The monoisotopic (exact) mass is 399 g/mol. The molecule has 2 aromatic rings. The summed E-state index contributed by atoms with van der Waals surface area (Å²) in [6.45, 7) is 0. The highest BCUT2D eigenvalue weighted by atomic mass is 35.5. The highest BCUT2D eigenvalue weighted by Crippen LogP contribution is 2.30. The van der Waals surface area contributed by atoms with Crippen LogP contribution in [-0.2, 0) is 19.6 Å². The molecule has 0 unspecified atom stereocenters. The summed E-state index contributed by atoms with van der Waals surface area (Å²) in [6, 6.07) is 10.9. The summed E-state index contributed by atoms with van der Waals surface area (Å²) >= 11 is 11.8. The first kappa shape index (κ1) is 19.3. The number of methoxy groups -OCH3 is 1. The van der Waals surface area contributed by atoms with E-state index in [2.05, 4.69) is 4.74 Å². The Bertz CT molecular complexity index is 926. The van der Waals surface area contributed by atoms with E-state index in [-0.39, 0.29) is 14.9 Å². The SMILES string of the molecule is COC(=O)C=Cc1ccccc1N(C)S(=O)(=O)c1ccc(Cl)c(Cl)c1. The van der Waals surface area contributed by atoms with Gasteiger partial charge in [0.1, 0.15) is 0 Å². The van der Waals surface area contributed by atoms with Crippen molar-refractivity contribution >= 4 is 51.0 Å². The first-order valence-corrected chi connectivity index (χ1v) is 9.26. The summed E-state index contributed by atoms with van der Waals surface area (Å²) in [4.78, 5) is 11.3.